The number of fused-ring (bicyclic) bond motifs is 1. The van der Waals surface area contributed by atoms with Gasteiger partial charge in [-0.15, -0.1) is 0 Å². The summed E-state index contributed by atoms with van der Waals surface area (Å²) in [6.07, 6.45) is 0.807. The number of aryl methyl sites for hydroxylation is 1. The summed E-state index contributed by atoms with van der Waals surface area (Å²) in [5.41, 5.74) is 2.87. The standard InChI is InChI=1S/C20H22N2O/c1-4-16-13-15-9-8-12-18(21-14(2)3)19(15)20(23)22(16)17-10-6-5-7-11-17/h5-14,21H,4H2,1-3H3. The van der Waals surface area contributed by atoms with Crippen molar-refractivity contribution in [3.8, 4) is 5.69 Å². The molecule has 0 unspecified atom stereocenters. The Kier molecular flexibility index (Phi) is 4.20. The number of nitrogens with zero attached hydrogens (tertiary/aromatic N) is 1. The maximum atomic E-state index is 13.2. The van der Waals surface area contributed by atoms with Crippen LogP contribution in [0.25, 0.3) is 16.5 Å². The lowest BCUT2D eigenvalue weighted by molar-refractivity contribution is 0.884. The zero-order valence-corrected chi connectivity index (χ0v) is 13.8. The zero-order valence-electron chi connectivity index (χ0n) is 13.8. The molecule has 2 aromatic carbocycles. The van der Waals surface area contributed by atoms with E-state index in [-0.39, 0.29) is 11.6 Å². The van der Waals surface area contributed by atoms with Crippen LogP contribution in [0.3, 0.4) is 0 Å². The zero-order chi connectivity index (χ0) is 16.4. The lowest BCUT2D eigenvalue weighted by atomic mass is 10.1. The van der Waals surface area contributed by atoms with E-state index in [1.54, 1.807) is 0 Å². The largest absolute Gasteiger partial charge is 0.382 e. The molecule has 0 atom stereocenters. The topological polar surface area (TPSA) is 34.0 Å². The summed E-state index contributed by atoms with van der Waals surface area (Å²) in [5.74, 6) is 0. The van der Waals surface area contributed by atoms with Crippen molar-refractivity contribution in [1.82, 2.24) is 4.57 Å². The summed E-state index contributed by atoms with van der Waals surface area (Å²) < 4.78 is 1.83. The molecule has 0 radical (unpaired) electrons. The molecular weight excluding hydrogens is 284 g/mol. The Bertz CT molecular complexity index is 879. The van der Waals surface area contributed by atoms with E-state index in [4.69, 9.17) is 0 Å². The Morgan fingerprint density at radius 3 is 2.43 bits per heavy atom. The van der Waals surface area contributed by atoms with Crippen molar-refractivity contribution < 1.29 is 0 Å². The molecule has 0 saturated carbocycles. The third kappa shape index (κ3) is 2.87. The van der Waals surface area contributed by atoms with E-state index in [0.29, 0.717) is 0 Å². The highest BCUT2D eigenvalue weighted by molar-refractivity contribution is 5.93. The first-order valence-electron chi connectivity index (χ1n) is 8.11. The van der Waals surface area contributed by atoms with E-state index < -0.39 is 0 Å². The fourth-order valence-electron chi connectivity index (χ4n) is 2.97. The van der Waals surface area contributed by atoms with Gasteiger partial charge in [-0.25, -0.2) is 0 Å². The van der Waals surface area contributed by atoms with Gasteiger partial charge in [-0.1, -0.05) is 37.3 Å². The maximum Gasteiger partial charge on any atom is 0.265 e. The summed E-state index contributed by atoms with van der Waals surface area (Å²) in [5, 5.41) is 5.13. The van der Waals surface area contributed by atoms with Crippen LogP contribution in [0.2, 0.25) is 0 Å². The molecule has 118 valence electrons. The summed E-state index contributed by atoms with van der Waals surface area (Å²) in [4.78, 5) is 13.2. The fourth-order valence-corrected chi connectivity index (χ4v) is 2.97. The van der Waals surface area contributed by atoms with Crippen molar-refractivity contribution in [3.63, 3.8) is 0 Å². The lowest BCUT2D eigenvalue weighted by Crippen LogP contribution is -2.23. The van der Waals surface area contributed by atoms with E-state index in [9.17, 15) is 4.79 Å². The lowest BCUT2D eigenvalue weighted by Gasteiger charge is -2.17. The smallest absolute Gasteiger partial charge is 0.265 e. The Morgan fingerprint density at radius 2 is 1.78 bits per heavy atom. The van der Waals surface area contributed by atoms with Crippen LogP contribution >= 0.6 is 0 Å². The normalized spacial score (nSPS) is 11.1. The summed E-state index contributed by atoms with van der Waals surface area (Å²) in [6, 6.07) is 18.2. The summed E-state index contributed by atoms with van der Waals surface area (Å²) in [7, 11) is 0. The van der Waals surface area contributed by atoms with Gasteiger partial charge in [0.1, 0.15) is 0 Å². The number of anilines is 1. The Hall–Kier alpha value is -2.55. The molecule has 1 heterocycles. The van der Waals surface area contributed by atoms with Gasteiger partial charge in [0.2, 0.25) is 0 Å². The molecular formula is C20H22N2O. The molecule has 3 aromatic rings. The highest BCUT2D eigenvalue weighted by Gasteiger charge is 2.13. The second-order valence-corrected chi connectivity index (χ2v) is 6.03. The number of benzene rings is 2. The molecule has 0 aliphatic heterocycles. The van der Waals surface area contributed by atoms with E-state index >= 15 is 0 Å². The van der Waals surface area contributed by atoms with Crippen molar-refractivity contribution in [1.29, 1.82) is 0 Å². The van der Waals surface area contributed by atoms with E-state index in [1.165, 1.54) is 0 Å². The minimum absolute atomic E-state index is 0.0364. The highest BCUT2D eigenvalue weighted by atomic mass is 16.1. The molecule has 0 saturated heterocycles. The molecule has 3 rings (SSSR count). The number of aromatic nitrogens is 1. The minimum atomic E-state index is 0.0364. The van der Waals surface area contributed by atoms with E-state index in [0.717, 1.165) is 34.3 Å². The van der Waals surface area contributed by atoms with Crippen molar-refractivity contribution in [2.75, 3.05) is 5.32 Å². The van der Waals surface area contributed by atoms with Crippen LogP contribution in [-0.2, 0) is 6.42 Å². The highest BCUT2D eigenvalue weighted by Crippen LogP contribution is 2.23. The van der Waals surface area contributed by atoms with Gasteiger partial charge in [-0.3, -0.25) is 9.36 Å². The average molecular weight is 306 g/mol. The predicted octanol–water partition coefficient (Wildman–Crippen LogP) is 4.37. The number of nitrogens with one attached hydrogen (secondary N) is 1. The molecule has 1 N–H and O–H groups in total. The molecule has 3 nitrogen and oxygen atoms in total. The third-order valence-electron chi connectivity index (χ3n) is 3.94. The predicted molar refractivity (Wildman–Crippen MR) is 97.7 cm³/mol. The summed E-state index contributed by atoms with van der Waals surface area (Å²) in [6.45, 7) is 6.24. The molecule has 0 fully saturated rings. The van der Waals surface area contributed by atoms with Crippen molar-refractivity contribution in [2.24, 2.45) is 0 Å². The van der Waals surface area contributed by atoms with Gasteiger partial charge in [0.25, 0.3) is 5.56 Å². The van der Waals surface area contributed by atoms with Gasteiger partial charge in [0.05, 0.1) is 5.39 Å². The molecule has 0 bridgehead atoms. The number of para-hydroxylation sites is 1. The van der Waals surface area contributed by atoms with Gasteiger partial charge in [0.15, 0.2) is 0 Å². The van der Waals surface area contributed by atoms with Gasteiger partial charge >= 0.3 is 0 Å². The first-order chi connectivity index (χ1) is 11.1. The van der Waals surface area contributed by atoms with Crippen molar-refractivity contribution >= 4 is 16.5 Å². The van der Waals surface area contributed by atoms with Gasteiger partial charge < -0.3 is 5.32 Å². The van der Waals surface area contributed by atoms with Crippen LogP contribution in [0.1, 0.15) is 26.5 Å². The van der Waals surface area contributed by atoms with Gasteiger partial charge in [-0.05, 0) is 49.9 Å². The second-order valence-electron chi connectivity index (χ2n) is 6.03. The van der Waals surface area contributed by atoms with Gasteiger partial charge in [-0.2, -0.15) is 0 Å². The van der Waals surface area contributed by atoms with Crippen molar-refractivity contribution in [3.05, 3.63) is 70.6 Å². The van der Waals surface area contributed by atoms with Crippen LogP contribution in [-0.4, -0.2) is 10.6 Å². The molecule has 3 heteroatoms. The summed E-state index contributed by atoms with van der Waals surface area (Å²) >= 11 is 0. The quantitative estimate of drug-likeness (QED) is 0.776. The maximum absolute atomic E-state index is 13.2. The van der Waals surface area contributed by atoms with Crippen LogP contribution in [0.5, 0.6) is 0 Å². The SMILES string of the molecule is CCc1cc2cccc(NC(C)C)c2c(=O)n1-c1ccccc1. The Morgan fingerprint density at radius 1 is 1.04 bits per heavy atom. The minimum Gasteiger partial charge on any atom is -0.382 e. The van der Waals surface area contributed by atoms with E-state index in [1.807, 2.05) is 53.1 Å². The Labute approximate surface area is 136 Å². The number of hydrogen-bond donors (Lipinski definition) is 1. The molecule has 0 aliphatic rings. The van der Waals surface area contributed by atoms with Crippen LogP contribution < -0.4 is 10.9 Å². The molecule has 1 aromatic heterocycles. The monoisotopic (exact) mass is 306 g/mol. The Balaban J connectivity index is 2.36. The number of hydrogen-bond acceptors (Lipinski definition) is 2. The number of rotatable bonds is 4. The molecule has 23 heavy (non-hydrogen) atoms. The van der Waals surface area contributed by atoms with Crippen LogP contribution in [0.4, 0.5) is 5.69 Å². The first kappa shape index (κ1) is 15.3. The number of pyridine rings is 1. The molecule has 0 amide bonds. The van der Waals surface area contributed by atoms with Crippen LogP contribution in [0.15, 0.2) is 59.4 Å². The molecule has 0 spiro atoms. The van der Waals surface area contributed by atoms with Crippen LogP contribution in [0, 0.1) is 0 Å². The van der Waals surface area contributed by atoms with Gasteiger partial charge in [0, 0.05) is 23.1 Å². The average Bonchev–Trinajstić information content (AvgIpc) is 2.54. The second kappa shape index (κ2) is 6.29. The fraction of sp³-hybridized carbons (Fsp3) is 0.250. The van der Waals surface area contributed by atoms with Crippen molar-refractivity contribution in [2.45, 2.75) is 33.2 Å². The third-order valence-corrected chi connectivity index (χ3v) is 3.94. The van der Waals surface area contributed by atoms with E-state index in [2.05, 4.69) is 32.2 Å². The first-order valence-corrected chi connectivity index (χ1v) is 8.11. The molecule has 0 aliphatic carbocycles.